The summed E-state index contributed by atoms with van der Waals surface area (Å²) in [6.07, 6.45) is 2.24. The molecule has 0 atom stereocenters. The van der Waals surface area contributed by atoms with Crippen LogP contribution in [0, 0.1) is 0 Å². The molecule has 2 N–H and O–H groups in total. The predicted octanol–water partition coefficient (Wildman–Crippen LogP) is 3.19. The molecule has 172 valence electrons. The maximum atomic E-state index is 6.63. The fraction of sp³-hybridized carbons (Fsp3) is 0.625. The van der Waals surface area contributed by atoms with Gasteiger partial charge in [0.05, 0.1) is 6.54 Å². The molecule has 6 nitrogen and oxygen atoms in total. The molecule has 0 aliphatic carbocycles. The Kier molecular flexibility index (Phi) is 9.05. The number of likely N-dealkylation sites (N-methyl/N-ethyl adjacent to an activating group) is 1. The van der Waals surface area contributed by atoms with Crippen molar-refractivity contribution in [3.63, 3.8) is 0 Å². The zero-order chi connectivity index (χ0) is 22.2. The van der Waals surface area contributed by atoms with Crippen LogP contribution in [0.1, 0.15) is 32.3 Å². The number of rotatable bonds is 7. The first-order valence-electron chi connectivity index (χ1n) is 11.6. The Bertz CT molecular complexity index is 748. The first-order valence-corrected chi connectivity index (χ1v) is 12.0. The van der Waals surface area contributed by atoms with Crippen molar-refractivity contribution in [3.05, 3.63) is 40.9 Å². The van der Waals surface area contributed by atoms with Gasteiger partial charge in [-0.1, -0.05) is 29.8 Å². The minimum absolute atomic E-state index is 0.447. The standard InChI is InChI=1S/C24H39ClN6/c1-5-26-24(28-20-9-11-30(12-10-20)18-19(2)3)27-17-21-22(25)7-6-8-23(21)31-15-13-29(4)14-16-31/h6-8,20H,2,5,9-18H2,1,3-4H3,(H2,26,27,28). The molecule has 2 saturated heterocycles. The molecular formula is C24H39ClN6. The summed E-state index contributed by atoms with van der Waals surface area (Å²) in [6.45, 7) is 17.1. The van der Waals surface area contributed by atoms with Crippen LogP contribution in [0.25, 0.3) is 0 Å². The van der Waals surface area contributed by atoms with E-state index < -0.39 is 0 Å². The third kappa shape index (κ3) is 7.13. The Balaban J connectivity index is 1.65. The smallest absolute Gasteiger partial charge is 0.191 e. The van der Waals surface area contributed by atoms with Crippen molar-refractivity contribution in [1.82, 2.24) is 20.4 Å². The zero-order valence-corrected chi connectivity index (χ0v) is 20.2. The molecule has 2 aliphatic rings. The van der Waals surface area contributed by atoms with Gasteiger partial charge in [-0.25, -0.2) is 4.99 Å². The molecule has 2 heterocycles. The molecule has 1 aromatic carbocycles. The molecule has 0 radical (unpaired) electrons. The van der Waals surface area contributed by atoms with Gasteiger partial charge in [0.2, 0.25) is 0 Å². The highest BCUT2D eigenvalue weighted by atomic mass is 35.5. The van der Waals surface area contributed by atoms with E-state index in [-0.39, 0.29) is 0 Å². The van der Waals surface area contributed by atoms with Crippen LogP contribution in [0.4, 0.5) is 5.69 Å². The maximum Gasteiger partial charge on any atom is 0.191 e. The minimum Gasteiger partial charge on any atom is -0.369 e. The summed E-state index contributed by atoms with van der Waals surface area (Å²) in [4.78, 5) is 12.2. The van der Waals surface area contributed by atoms with Crippen LogP contribution in [0.5, 0.6) is 0 Å². The van der Waals surface area contributed by atoms with Gasteiger partial charge in [-0.3, -0.25) is 4.90 Å². The van der Waals surface area contributed by atoms with Gasteiger partial charge in [0.1, 0.15) is 0 Å². The monoisotopic (exact) mass is 446 g/mol. The van der Waals surface area contributed by atoms with Gasteiger partial charge < -0.3 is 20.4 Å². The Labute approximate surface area is 193 Å². The highest BCUT2D eigenvalue weighted by molar-refractivity contribution is 6.31. The lowest BCUT2D eigenvalue weighted by atomic mass is 10.0. The number of guanidine groups is 1. The first-order chi connectivity index (χ1) is 15.0. The Morgan fingerprint density at radius 3 is 2.52 bits per heavy atom. The third-order valence-electron chi connectivity index (χ3n) is 6.10. The van der Waals surface area contributed by atoms with E-state index in [1.165, 1.54) is 11.3 Å². The van der Waals surface area contributed by atoms with E-state index in [1.807, 2.05) is 12.1 Å². The summed E-state index contributed by atoms with van der Waals surface area (Å²) in [5.74, 6) is 0.880. The van der Waals surface area contributed by atoms with Crippen LogP contribution in [0.3, 0.4) is 0 Å². The number of nitrogens with zero attached hydrogens (tertiary/aromatic N) is 4. The topological polar surface area (TPSA) is 46.1 Å². The van der Waals surface area contributed by atoms with Gasteiger partial charge in [-0.05, 0) is 45.9 Å². The van der Waals surface area contributed by atoms with Crippen LogP contribution < -0.4 is 15.5 Å². The summed E-state index contributed by atoms with van der Waals surface area (Å²) < 4.78 is 0. The van der Waals surface area contributed by atoms with Gasteiger partial charge in [0.25, 0.3) is 0 Å². The number of aliphatic imine (C=N–C) groups is 1. The molecule has 0 unspecified atom stereocenters. The van der Waals surface area contributed by atoms with E-state index in [9.17, 15) is 0 Å². The zero-order valence-electron chi connectivity index (χ0n) is 19.5. The average Bonchev–Trinajstić information content (AvgIpc) is 2.74. The average molecular weight is 447 g/mol. The van der Waals surface area contributed by atoms with Crippen molar-refractivity contribution in [2.24, 2.45) is 4.99 Å². The maximum absolute atomic E-state index is 6.63. The van der Waals surface area contributed by atoms with Crippen molar-refractivity contribution in [2.45, 2.75) is 39.3 Å². The molecule has 7 heteroatoms. The second-order valence-electron chi connectivity index (χ2n) is 8.87. The quantitative estimate of drug-likeness (QED) is 0.382. The van der Waals surface area contributed by atoms with E-state index in [2.05, 4.69) is 58.9 Å². The van der Waals surface area contributed by atoms with Crippen LogP contribution >= 0.6 is 11.6 Å². The van der Waals surface area contributed by atoms with Crippen molar-refractivity contribution < 1.29 is 0 Å². The number of nitrogens with one attached hydrogen (secondary N) is 2. The van der Waals surface area contributed by atoms with Crippen molar-refractivity contribution >= 4 is 23.2 Å². The van der Waals surface area contributed by atoms with Crippen molar-refractivity contribution in [2.75, 3.05) is 64.3 Å². The van der Waals surface area contributed by atoms with E-state index in [1.54, 1.807) is 0 Å². The minimum atomic E-state index is 0.447. The molecule has 0 spiro atoms. The first kappa shape index (κ1) is 23.9. The summed E-state index contributed by atoms with van der Waals surface area (Å²) in [6, 6.07) is 6.65. The number of piperidine rings is 1. The molecule has 0 amide bonds. The predicted molar refractivity (Wildman–Crippen MR) is 133 cm³/mol. The third-order valence-corrected chi connectivity index (χ3v) is 6.45. The van der Waals surface area contributed by atoms with Gasteiger partial charge in [-0.2, -0.15) is 0 Å². The van der Waals surface area contributed by atoms with Crippen LogP contribution in [0.2, 0.25) is 5.02 Å². The summed E-state index contributed by atoms with van der Waals surface area (Å²) in [7, 11) is 2.18. The number of halogens is 1. The fourth-order valence-corrected chi connectivity index (χ4v) is 4.57. The Hall–Kier alpha value is -1.76. The van der Waals surface area contributed by atoms with Crippen LogP contribution in [-0.4, -0.2) is 81.2 Å². The van der Waals surface area contributed by atoms with E-state index in [0.29, 0.717) is 12.6 Å². The largest absolute Gasteiger partial charge is 0.369 e. The molecule has 2 aliphatic heterocycles. The highest BCUT2D eigenvalue weighted by Gasteiger charge is 2.21. The number of hydrogen-bond acceptors (Lipinski definition) is 4. The van der Waals surface area contributed by atoms with Crippen molar-refractivity contribution in [3.8, 4) is 0 Å². The van der Waals surface area contributed by atoms with Crippen LogP contribution in [-0.2, 0) is 6.54 Å². The number of benzene rings is 1. The molecule has 0 saturated carbocycles. The fourth-order valence-electron chi connectivity index (χ4n) is 4.34. The lowest BCUT2D eigenvalue weighted by Crippen LogP contribution is -2.48. The molecule has 2 fully saturated rings. The van der Waals surface area contributed by atoms with Crippen molar-refractivity contribution in [1.29, 1.82) is 0 Å². The van der Waals surface area contributed by atoms with E-state index >= 15 is 0 Å². The van der Waals surface area contributed by atoms with E-state index in [0.717, 1.165) is 81.7 Å². The second-order valence-corrected chi connectivity index (χ2v) is 9.28. The molecule has 3 rings (SSSR count). The lowest BCUT2D eigenvalue weighted by Gasteiger charge is -2.35. The summed E-state index contributed by atoms with van der Waals surface area (Å²) in [5, 5.41) is 7.86. The number of hydrogen-bond donors (Lipinski definition) is 2. The summed E-state index contributed by atoms with van der Waals surface area (Å²) >= 11 is 6.63. The lowest BCUT2D eigenvalue weighted by molar-refractivity contribution is 0.221. The normalized spacial score (nSPS) is 19.5. The van der Waals surface area contributed by atoms with Gasteiger partial charge in [-0.15, -0.1) is 0 Å². The molecule has 0 bridgehead atoms. The molecule has 31 heavy (non-hydrogen) atoms. The number of piperazine rings is 1. The van der Waals surface area contributed by atoms with Gasteiger partial charge >= 0.3 is 0 Å². The van der Waals surface area contributed by atoms with Crippen LogP contribution in [0.15, 0.2) is 35.3 Å². The summed E-state index contributed by atoms with van der Waals surface area (Å²) in [5.41, 5.74) is 3.56. The van der Waals surface area contributed by atoms with E-state index in [4.69, 9.17) is 16.6 Å². The highest BCUT2D eigenvalue weighted by Crippen LogP contribution is 2.29. The SMILES string of the molecule is C=C(C)CN1CCC(NC(=NCc2c(Cl)cccc2N2CCN(C)CC2)NCC)CC1. The number of anilines is 1. The number of likely N-dealkylation sites (tertiary alicyclic amines) is 1. The Morgan fingerprint density at radius 2 is 1.87 bits per heavy atom. The second kappa shape index (κ2) is 11.7. The molecular weight excluding hydrogens is 408 g/mol. The molecule has 0 aromatic heterocycles. The Morgan fingerprint density at radius 1 is 1.16 bits per heavy atom. The molecule has 1 aromatic rings. The van der Waals surface area contributed by atoms with Gasteiger partial charge in [0, 0.05) is 74.7 Å². The van der Waals surface area contributed by atoms with Gasteiger partial charge in [0.15, 0.2) is 5.96 Å².